The second kappa shape index (κ2) is 2.61. The van der Waals surface area contributed by atoms with E-state index in [2.05, 4.69) is 22.0 Å². The Morgan fingerprint density at radius 1 is 1.45 bits per heavy atom. The van der Waals surface area contributed by atoms with E-state index in [9.17, 15) is 5.11 Å². The van der Waals surface area contributed by atoms with Crippen LogP contribution in [-0.4, -0.2) is 5.11 Å². The van der Waals surface area contributed by atoms with Crippen LogP contribution >= 0.6 is 15.9 Å². The van der Waals surface area contributed by atoms with Crippen LogP contribution in [-0.2, 0) is 6.42 Å². The molecule has 0 spiro atoms. The Morgan fingerprint density at radius 3 is 3.09 bits per heavy atom. The Labute approximate surface area is 74.2 Å². The lowest BCUT2D eigenvalue weighted by atomic mass is 10.1. The van der Waals surface area contributed by atoms with E-state index in [1.165, 1.54) is 5.56 Å². The summed E-state index contributed by atoms with van der Waals surface area (Å²) in [5, 5.41) is 9.46. The predicted octanol–water partition coefficient (Wildman–Crippen LogP) is 2.43. The Kier molecular flexibility index (Phi) is 1.74. The summed E-state index contributed by atoms with van der Waals surface area (Å²) in [4.78, 5) is 0. The number of rotatable bonds is 0. The zero-order valence-corrected chi connectivity index (χ0v) is 7.63. The molecule has 2 heteroatoms. The third-order valence-corrected chi connectivity index (χ3v) is 2.64. The number of aliphatic hydroxyl groups is 1. The van der Waals surface area contributed by atoms with Gasteiger partial charge in [0.2, 0.25) is 0 Å². The third-order valence-electron chi connectivity index (χ3n) is 2.15. The molecule has 0 amide bonds. The van der Waals surface area contributed by atoms with E-state index in [-0.39, 0.29) is 6.10 Å². The van der Waals surface area contributed by atoms with Crippen LogP contribution in [0, 0.1) is 0 Å². The minimum Gasteiger partial charge on any atom is -0.388 e. The van der Waals surface area contributed by atoms with Crippen molar-refractivity contribution < 1.29 is 5.11 Å². The molecule has 0 fully saturated rings. The summed E-state index contributed by atoms with van der Waals surface area (Å²) >= 11 is 3.40. The van der Waals surface area contributed by atoms with Gasteiger partial charge in [-0.05, 0) is 36.1 Å². The van der Waals surface area contributed by atoms with Crippen molar-refractivity contribution in [2.45, 2.75) is 18.9 Å². The summed E-state index contributed by atoms with van der Waals surface area (Å²) in [5.41, 5.74) is 2.39. The molecule has 1 aliphatic carbocycles. The summed E-state index contributed by atoms with van der Waals surface area (Å²) in [5.74, 6) is 0. The molecule has 0 saturated carbocycles. The monoisotopic (exact) mass is 212 g/mol. The lowest BCUT2D eigenvalue weighted by Crippen LogP contribution is -1.88. The van der Waals surface area contributed by atoms with Gasteiger partial charge in [-0.3, -0.25) is 0 Å². The molecule has 1 aromatic rings. The van der Waals surface area contributed by atoms with Crippen LogP contribution in [0.25, 0.3) is 0 Å². The fraction of sp³-hybridized carbons (Fsp3) is 0.333. The highest BCUT2D eigenvalue weighted by Gasteiger charge is 2.19. The molecule has 2 rings (SSSR count). The van der Waals surface area contributed by atoms with Crippen LogP contribution in [0.5, 0.6) is 0 Å². The maximum atomic E-state index is 9.46. The molecule has 1 aromatic carbocycles. The first-order valence-corrected chi connectivity index (χ1v) is 4.53. The summed E-state index contributed by atoms with van der Waals surface area (Å²) in [6.45, 7) is 0. The lowest BCUT2D eigenvalue weighted by molar-refractivity contribution is 0.180. The van der Waals surface area contributed by atoms with Crippen LogP contribution in [0.2, 0.25) is 0 Å². The summed E-state index contributed by atoms with van der Waals surface area (Å²) in [6, 6.07) is 6.07. The van der Waals surface area contributed by atoms with Crippen LogP contribution in [0.15, 0.2) is 22.7 Å². The van der Waals surface area contributed by atoms with Crippen molar-refractivity contribution in [2.24, 2.45) is 0 Å². The van der Waals surface area contributed by atoms with E-state index in [0.717, 1.165) is 22.9 Å². The predicted molar refractivity (Wildman–Crippen MR) is 47.4 cm³/mol. The van der Waals surface area contributed by atoms with Crippen LogP contribution in [0.4, 0.5) is 0 Å². The summed E-state index contributed by atoms with van der Waals surface area (Å²) in [7, 11) is 0. The first-order valence-electron chi connectivity index (χ1n) is 3.74. The number of hydrogen-bond donors (Lipinski definition) is 1. The molecule has 0 aliphatic heterocycles. The first kappa shape index (κ1) is 7.32. The number of aliphatic hydroxyl groups excluding tert-OH is 1. The van der Waals surface area contributed by atoms with Crippen molar-refractivity contribution in [1.29, 1.82) is 0 Å². The zero-order chi connectivity index (χ0) is 7.84. The van der Waals surface area contributed by atoms with Crippen molar-refractivity contribution in [3.8, 4) is 0 Å². The van der Waals surface area contributed by atoms with Gasteiger partial charge in [-0.15, -0.1) is 0 Å². The van der Waals surface area contributed by atoms with Crippen LogP contribution < -0.4 is 0 Å². The quantitative estimate of drug-likeness (QED) is 0.701. The van der Waals surface area contributed by atoms with E-state index < -0.39 is 0 Å². The highest BCUT2D eigenvalue weighted by Crippen LogP contribution is 2.32. The fourth-order valence-electron chi connectivity index (χ4n) is 1.56. The molecule has 1 atom stereocenters. The lowest BCUT2D eigenvalue weighted by Gasteiger charge is -2.02. The minimum atomic E-state index is -0.224. The van der Waals surface area contributed by atoms with E-state index >= 15 is 0 Å². The number of aryl methyl sites for hydroxylation is 1. The van der Waals surface area contributed by atoms with Crippen molar-refractivity contribution in [3.05, 3.63) is 33.8 Å². The van der Waals surface area contributed by atoms with E-state index in [1.54, 1.807) is 0 Å². The molecule has 0 saturated heterocycles. The zero-order valence-electron chi connectivity index (χ0n) is 6.05. The topological polar surface area (TPSA) is 20.2 Å². The first-order chi connectivity index (χ1) is 5.27. The van der Waals surface area contributed by atoms with Gasteiger partial charge in [0.05, 0.1) is 6.10 Å². The molecule has 0 aromatic heterocycles. The normalized spacial score (nSPS) is 21.8. The van der Waals surface area contributed by atoms with Crippen molar-refractivity contribution in [2.75, 3.05) is 0 Å². The smallest absolute Gasteiger partial charge is 0.0795 e. The molecule has 1 aliphatic rings. The van der Waals surface area contributed by atoms with Crippen molar-refractivity contribution in [1.82, 2.24) is 0 Å². The summed E-state index contributed by atoms with van der Waals surface area (Å²) in [6.07, 6.45) is 1.67. The molecule has 58 valence electrons. The number of fused-ring (bicyclic) bond motifs is 1. The van der Waals surface area contributed by atoms with Gasteiger partial charge in [0.1, 0.15) is 0 Å². The molecule has 0 heterocycles. The van der Waals surface area contributed by atoms with Gasteiger partial charge in [0.25, 0.3) is 0 Å². The molecular formula is C9H9BrO. The van der Waals surface area contributed by atoms with Gasteiger partial charge in [-0.2, -0.15) is 0 Å². The van der Waals surface area contributed by atoms with Gasteiger partial charge in [0, 0.05) is 4.47 Å². The van der Waals surface area contributed by atoms with E-state index in [0.29, 0.717) is 0 Å². The molecule has 1 N–H and O–H groups in total. The van der Waals surface area contributed by atoms with Crippen molar-refractivity contribution >= 4 is 15.9 Å². The number of halogens is 1. The standard InChI is InChI=1S/C9H9BrO/c10-7-2-3-8-6(5-7)1-4-9(8)11/h2-3,5,9,11H,1,4H2/t9-/m0/s1. The Hall–Kier alpha value is -0.340. The molecule has 11 heavy (non-hydrogen) atoms. The maximum absolute atomic E-state index is 9.46. The highest BCUT2D eigenvalue weighted by molar-refractivity contribution is 9.10. The van der Waals surface area contributed by atoms with Gasteiger partial charge in [0.15, 0.2) is 0 Å². The molecule has 0 unspecified atom stereocenters. The van der Waals surface area contributed by atoms with E-state index in [1.807, 2.05) is 12.1 Å². The molecule has 1 nitrogen and oxygen atoms in total. The largest absolute Gasteiger partial charge is 0.388 e. The SMILES string of the molecule is O[C@H]1CCc2cc(Br)ccc21. The average Bonchev–Trinajstić information content (AvgIpc) is 2.32. The Morgan fingerprint density at radius 2 is 2.27 bits per heavy atom. The number of benzene rings is 1. The fourth-order valence-corrected chi connectivity index (χ4v) is 1.97. The molecular weight excluding hydrogens is 204 g/mol. The molecule has 0 bridgehead atoms. The van der Waals surface area contributed by atoms with Crippen LogP contribution in [0.1, 0.15) is 23.7 Å². The maximum Gasteiger partial charge on any atom is 0.0795 e. The van der Waals surface area contributed by atoms with Crippen molar-refractivity contribution in [3.63, 3.8) is 0 Å². The minimum absolute atomic E-state index is 0.224. The Balaban J connectivity index is 2.50. The van der Waals surface area contributed by atoms with Gasteiger partial charge >= 0.3 is 0 Å². The van der Waals surface area contributed by atoms with Crippen LogP contribution in [0.3, 0.4) is 0 Å². The average molecular weight is 213 g/mol. The summed E-state index contributed by atoms with van der Waals surface area (Å²) < 4.78 is 1.10. The van der Waals surface area contributed by atoms with Gasteiger partial charge < -0.3 is 5.11 Å². The van der Waals surface area contributed by atoms with Gasteiger partial charge in [-0.1, -0.05) is 22.0 Å². The van der Waals surface area contributed by atoms with Gasteiger partial charge in [-0.25, -0.2) is 0 Å². The second-order valence-electron chi connectivity index (χ2n) is 2.90. The highest BCUT2D eigenvalue weighted by atomic mass is 79.9. The molecule has 0 radical (unpaired) electrons. The Bertz CT molecular complexity index is 283. The third kappa shape index (κ3) is 1.21. The number of hydrogen-bond acceptors (Lipinski definition) is 1. The second-order valence-corrected chi connectivity index (χ2v) is 3.81. The van der Waals surface area contributed by atoms with E-state index in [4.69, 9.17) is 0 Å².